The normalized spacial score (nSPS) is 20.1. The number of Topliss-reactive ketones (excluding diaryl/α,β-unsaturated/α-hetero) is 1. The molecule has 1 aliphatic rings. The highest BCUT2D eigenvalue weighted by atomic mass is 32.2. The van der Waals surface area contributed by atoms with Gasteiger partial charge in [-0.1, -0.05) is 18.9 Å². The van der Waals surface area contributed by atoms with E-state index in [1.54, 1.807) is 7.05 Å². The van der Waals surface area contributed by atoms with Crippen molar-refractivity contribution in [2.45, 2.75) is 31.2 Å². The molecule has 1 aliphatic heterocycles. The van der Waals surface area contributed by atoms with Crippen molar-refractivity contribution in [3.05, 3.63) is 0 Å². The van der Waals surface area contributed by atoms with Gasteiger partial charge in [0.25, 0.3) is 11.7 Å². The van der Waals surface area contributed by atoms with Gasteiger partial charge in [0.15, 0.2) is 0 Å². The molecule has 0 aliphatic carbocycles. The molecule has 3 amide bonds. The number of likely N-dealkylation sites (N-methyl/N-ethyl adjacent to an activating group) is 1. The van der Waals surface area contributed by atoms with Crippen LogP contribution in [-0.2, 0) is 19.2 Å². The minimum atomic E-state index is -1.04. The van der Waals surface area contributed by atoms with Gasteiger partial charge < -0.3 is 5.73 Å². The highest BCUT2D eigenvalue weighted by Gasteiger charge is 2.35. The zero-order valence-electron chi connectivity index (χ0n) is 11.3. The predicted molar refractivity (Wildman–Crippen MR) is 73.2 cm³/mol. The zero-order chi connectivity index (χ0) is 15.3. The molecule has 0 aromatic carbocycles. The summed E-state index contributed by atoms with van der Waals surface area (Å²) in [5.41, 5.74) is 5.01. The number of rotatable bonds is 8. The first-order chi connectivity index (χ1) is 9.36. The van der Waals surface area contributed by atoms with E-state index < -0.39 is 29.0 Å². The largest absolute Gasteiger partial charge is 0.363 e. The SMILES string of the molecule is CCCNC(C(=O)C(N)=O)N(C)SC1CC(=O)NC1=O. The number of amides is 3. The van der Waals surface area contributed by atoms with E-state index in [1.807, 2.05) is 6.92 Å². The molecule has 20 heavy (non-hydrogen) atoms. The molecule has 0 aromatic heterocycles. The van der Waals surface area contributed by atoms with Crippen LogP contribution in [-0.4, -0.2) is 52.8 Å². The summed E-state index contributed by atoms with van der Waals surface area (Å²) in [7, 11) is 1.56. The molecule has 9 heteroatoms. The molecular formula is C11H18N4O4S. The fourth-order valence-corrected chi connectivity index (χ4v) is 2.75. The number of nitrogens with zero attached hydrogens (tertiary/aromatic N) is 1. The summed E-state index contributed by atoms with van der Waals surface area (Å²) in [6, 6.07) is 0. The summed E-state index contributed by atoms with van der Waals surface area (Å²) < 4.78 is 1.45. The van der Waals surface area contributed by atoms with Gasteiger partial charge in [0.2, 0.25) is 11.8 Å². The van der Waals surface area contributed by atoms with Crippen LogP contribution in [0.2, 0.25) is 0 Å². The van der Waals surface area contributed by atoms with E-state index in [4.69, 9.17) is 5.73 Å². The molecule has 1 fully saturated rings. The second-order valence-electron chi connectivity index (χ2n) is 4.34. The van der Waals surface area contributed by atoms with Crippen LogP contribution in [0, 0.1) is 0 Å². The lowest BCUT2D eigenvalue weighted by atomic mass is 10.3. The summed E-state index contributed by atoms with van der Waals surface area (Å²) >= 11 is 1.03. The fraction of sp³-hybridized carbons (Fsp3) is 0.636. The molecule has 1 heterocycles. The van der Waals surface area contributed by atoms with Crippen LogP contribution in [0.15, 0.2) is 0 Å². The summed E-state index contributed by atoms with van der Waals surface area (Å²) in [4.78, 5) is 45.4. The molecule has 4 N–H and O–H groups in total. The lowest BCUT2D eigenvalue weighted by Crippen LogP contribution is -2.51. The Morgan fingerprint density at radius 2 is 2.20 bits per heavy atom. The van der Waals surface area contributed by atoms with Crippen LogP contribution in [0.4, 0.5) is 0 Å². The van der Waals surface area contributed by atoms with E-state index >= 15 is 0 Å². The summed E-state index contributed by atoms with van der Waals surface area (Å²) in [6.45, 7) is 2.43. The summed E-state index contributed by atoms with van der Waals surface area (Å²) in [6.07, 6.45) is -0.0938. The Balaban J connectivity index is 2.69. The van der Waals surface area contributed by atoms with Gasteiger partial charge in [0.05, 0.1) is 0 Å². The molecule has 0 bridgehead atoms. The third-order valence-electron chi connectivity index (χ3n) is 2.66. The van der Waals surface area contributed by atoms with Crippen molar-refractivity contribution < 1.29 is 19.2 Å². The Labute approximate surface area is 120 Å². The highest BCUT2D eigenvalue weighted by molar-refractivity contribution is 7.98. The Kier molecular flexibility index (Phi) is 6.11. The van der Waals surface area contributed by atoms with E-state index in [-0.39, 0.29) is 12.3 Å². The van der Waals surface area contributed by atoms with Crippen molar-refractivity contribution in [1.29, 1.82) is 0 Å². The lowest BCUT2D eigenvalue weighted by Gasteiger charge is -2.27. The Morgan fingerprint density at radius 1 is 1.55 bits per heavy atom. The average Bonchev–Trinajstić information content (AvgIpc) is 2.67. The number of carbonyl (C=O) groups is 4. The van der Waals surface area contributed by atoms with E-state index in [0.717, 1.165) is 18.4 Å². The molecule has 0 spiro atoms. The first kappa shape index (κ1) is 16.6. The summed E-state index contributed by atoms with van der Waals surface area (Å²) in [5.74, 6) is -2.57. The van der Waals surface area contributed by atoms with Crippen LogP contribution < -0.4 is 16.4 Å². The quantitative estimate of drug-likeness (QED) is 0.213. The molecule has 2 atom stereocenters. The molecule has 1 rings (SSSR count). The van der Waals surface area contributed by atoms with Crippen molar-refractivity contribution in [1.82, 2.24) is 14.9 Å². The number of hydrogen-bond donors (Lipinski definition) is 3. The van der Waals surface area contributed by atoms with E-state index in [2.05, 4.69) is 10.6 Å². The van der Waals surface area contributed by atoms with Crippen LogP contribution in [0.3, 0.4) is 0 Å². The Hall–Kier alpha value is -1.45. The van der Waals surface area contributed by atoms with Gasteiger partial charge in [-0.05, 0) is 20.0 Å². The second-order valence-corrected chi connectivity index (χ2v) is 5.70. The van der Waals surface area contributed by atoms with Crippen molar-refractivity contribution in [2.24, 2.45) is 5.73 Å². The molecule has 1 saturated heterocycles. The number of nitrogens with one attached hydrogen (secondary N) is 2. The van der Waals surface area contributed by atoms with Crippen molar-refractivity contribution in [3.8, 4) is 0 Å². The van der Waals surface area contributed by atoms with Gasteiger partial charge >= 0.3 is 0 Å². The smallest absolute Gasteiger partial charge is 0.288 e. The average molecular weight is 302 g/mol. The van der Waals surface area contributed by atoms with Crippen LogP contribution in [0.1, 0.15) is 19.8 Å². The van der Waals surface area contributed by atoms with Gasteiger partial charge in [-0.15, -0.1) is 0 Å². The first-order valence-corrected chi connectivity index (χ1v) is 7.00. The first-order valence-electron chi connectivity index (χ1n) is 6.17. The number of ketones is 1. The lowest BCUT2D eigenvalue weighted by molar-refractivity contribution is -0.138. The van der Waals surface area contributed by atoms with Gasteiger partial charge in [-0.2, -0.15) is 0 Å². The maximum atomic E-state index is 11.8. The fourth-order valence-electron chi connectivity index (χ4n) is 1.68. The molecule has 0 radical (unpaired) electrons. The van der Waals surface area contributed by atoms with Crippen molar-refractivity contribution in [3.63, 3.8) is 0 Å². The summed E-state index contributed by atoms with van der Waals surface area (Å²) in [5, 5.41) is 4.47. The van der Waals surface area contributed by atoms with Gasteiger partial charge in [0.1, 0.15) is 11.4 Å². The van der Waals surface area contributed by atoms with Gasteiger partial charge in [-0.25, -0.2) is 4.31 Å². The number of imide groups is 1. The van der Waals surface area contributed by atoms with Crippen molar-refractivity contribution in [2.75, 3.05) is 13.6 Å². The standard InChI is InChI=1S/C11H18N4O4S/c1-3-4-13-10(8(17)9(12)18)15(2)20-6-5-7(16)14-11(6)19/h6,10,13H,3-5H2,1-2H3,(H2,12,18)(H,14,16,19). The Morgan fingerprint density at radius 3 is 2.65 bits per heavy atom. The minimum Gasteiger partial charge on any atom is -0.363 e. The Bertz CT molecular complexity index is 429. The topological polar surface area (TPSA) is 122 Å². The number of hydrogen-bond acceptors (Lipinski definition) is 7. The third kappa shape index (κ3) is 4.29. The molecule has 8 nitrogen and oxygen atoms in total. The van der Waals surface area contributed by atoms with Crippen molar-refractivity contribution >= 4 is 35.5 Å². The van der Waals surface area contributed by atoms with Crippen LogP contribution in [0.25, 0.3) is 0 Å². The van der Waals surface area contributed by atoms with Crippen LogP contribution >= 0.6 is 11.9 Å². The predicted octanol–water partition coefficient (Wildman–Crippen LogP) is -1.64. The van der Waals surface area contributed by atoms with Gasteiger partial charge in [-0.3, -0.25) is 29.8 Å². The second kappa shape index (κ2) is 7.36. The monoisotopic (exact) mass is 302 g/mol. The number of primary amides is 1. The van der Waals surface area contributed by atoms with Crippen LogP contribution in [0.5, 0.6) is 0 Å². The van der Waals surface area contributed by atoms with E-state index in [1.165, 1.54) is 4.31 Å². The van der Waals surface area contributed by atoms with E-state index in [0.29, 0.717) is 6.54 Å². The minimum absolute atomic E-state index is 0.0547. The van der Waals surface area contributed by atoms with Gasteiger partial charge in [0, 0.05) is 6.42 Å². The molecule has 112 valence electrons. The third-order valence-corrected chi connectivity index (χ3v) is 3.84. The maximum Gasteiger partial charge on any atom is 0.288 e. The number of carbonyl (C=O) groups excluding carboxylic acids is 4. The number of nitrogens with two attached hydrogens (primary N) is 1. The molecule has 2 unspecified atom stereocenters. The molecule has 0 saturated carbocycles. The molecule has 0 aromatic rings. The highest BCUT2D eigenvalue weighted by Crippen LogP contribution is 2.23. The molecular weight excluding hydrogens is 284 g/mol. The maximum absolute atomic E-state index is 11.8. The zero-order valence-corrected chi connectivity index (χ0v) is 12.2. The van der Waals surface area contributed by atoms with E-state index in [9.17, 15) is 19.2 Å².